The zero-order valence-corrected chi connectivity index (χ0v) is 17.2. The van der Waals surface area contributed by atoms with E-state index >= 15 is 0 Å². The Balaban J connectivity index is 2.05. The summed E-state index contributed by atoms with van der Waals surface area (Å²) in [6, 6.07) is 12.1. The Morgan fingerprint density at radius 2 is 1.56 bits per heavy atom. The van der Waals surface area contributed by atoms with Gasteiger partial charge in [-0.2, -0.15) is 0 Å². The molecule has 2 amide bonds. The average Bonchev–Trinajstić information content (AvgIpc) is 2.58. The lowest BCUT2D eigenvalue weighted by atomic mass is 10.0. The van der Waals surface area contributed by atoms with Crippen molar-refractivity contribution in [1.82, 2.24) is 0 Å². The molecule has 2 aromatic carbocycles. The van der Waals surface area contributed by atoms with Crippen LogP contribution in [0, 0.1) is 20.8 Å². The summed E-state index contributed by atoms with van der Waals surface area (Å²) in [7, 11) is 0. The lowest BCUT2D eigenvalue weighted by Gasteiger charge is -2.22. The second kappa shape index (κ2) is 8.85. The number of nitrogens with zero attached hydrogens (tertiary/aromatic N) is 1. The van der Waals surface area contributed by atoms with Gasteiger partial charge in [0, 0.05) is 31.3 Å². The summed E-state index contributed by atoms with van der Waals surface area (Å²) in [5.41, 5.74) is 6.19. The minimum absolute atomic E-state index is 0.0669. The molecule has 1 N–H and O–H groups in total. The molecule has 0 saturated heterocycles. The molecule has 0 aliphatic heterocycles. The summed E-state index contributed by atoms with van der Waals surface area (Å²) in [4.78, 5) is 26.2. The Morgan fingerprint density at radius 1 is 1.00 bits per heavy atom. The quantitative estimate of drug-likeness (QED) is 0.771. The molecule has 0 atom stereocenters. The lowest BCUT2D eigenvalue weighted by Crippen LogP contribution is -2.32. The molecule has 0 aromatic heterocycles. The Hall–Kier alpha value is -2.62. The molecular weight excluding hydrogens is 336 g/mol. The second-order valence-electron chi connectivity index (χ2n) is 7.49. The molecule has 0 aliphatic rings. The monoisotopic (exact) mass is 366 g/mol. The van der Waals surface area contributed by atoms with E-state index in [9.17, 15) is 9.59 Å². The minimum atomic E-state index is -0.0879. The largest absolute Gasteiger partial charge is 0.326 e. The Kier molecular flexibility index (Phi) is 6.78. The van der Waals surface area contributed by atoms with Gasteiger partial charge in [-0.05, 0) is 55.5 Å². The summed E-state index contributed by atoms with van der Waals surface area (Å²) < 4.78 is 0. The molecule has 0 heterocycles. The Labute approximate surface area is 162 Å². The maximum atomic E-state index is 12.5. The van der Waals surface area contributed by atoms with Gasteiger partial charge < -0.3 is 10.2 Å². The summed E-state index contributed by atoms with van der Waals surface area (Å²) in [6.45, 7) is 12.2. The van der Waals surface area contributed by atoms with Gasteiger partial charge in [0.2, 0.25) is 11.8 Å². The predicted octanol–water partition coefficient (Wildman–Crippen LogP) is 5.12. The SMILES string of the molecule is CC(=O)N(CCC(=O)Nc1c(C)cc(C)cc1C)c1ccc(C(C)C)cc1. The van der Waals surface area contributed by atoms with Crippen LogP contribution in [0.15, 0.2) is 36.4 Å². The van der Waals surface area contributed by atoms with E-state index in [0.29, 0.717) is 12.5 Å². The van der Waals surface area contributed by atoms with Crippen LogP contribution in [-0.2, 0) is 9.59 Å². The van der Waals surface area contributed by atoms with E-state index in [2.05, 4.69) is 31.3 Å². The number of aryl methyl sites for hydroxylation is 3. The fourth-order valence-corrected chi connectivity index (χ4v) is 3.30. The van der Waals surface area contributed by atoms with Crippen LogP contribution in [0.4, 0.5) is 11.4 Å². The van der Waals surface area contributed by atoms with Crippen LogP contribution in [0.2, 0.25) is 0 Å². The first-order valence-electron chi connectivity index (χ1n) is 9.44. The highest BCUT2D eigenvalue weighted by Crippen LogP contribution is 2.23. The number of anilines is 2. The molecule has 4 nitrogen and oxygen atoms in total. The van der Waals surface area contributed by atoms with Crippen LogP contribution < -0.4 is 10.2 Å². The molecule has 0 aliphatic carbocycles. The number of nitrogens with one attached hydrogen (secondary N) is 1. The molecule has 144 valence electrons. The van der Waals surface area contributed by atoms with Gasteiger partial charge in [0.1, 0.15) is 0 Å². The molecular formula is C23H30N2O2. The van der Waals surface area contributed by atoms with Crippen LogP contribution >= 0.6 is 0 Å². The van der Waals surface area contributed by atoms with Gasteiger partial charge in [-0.1, -0.05) is 43.7 Å². The van der Waals surface area contributed by atoms with Crippen LogP contribution in [-0.4, -0.2) is 18.4 Å². The first kappa shape index (κ1) is 20.7. The number of benzene rings is 2. The number of hydrogen-bond donors (Lipinski definition) is 1. The average molecular weight is 367 g/mol. The fourth-order valence-electron chi connectivity index (χ4n) is 3.30. The van der Waals surface area contributed by atoms with E-state index in [1.807, 2.05) is 45.0 Å². The summed E-state index contributed by atoms with van der Waals surface area (Å²) in [5.74, 6) is 0.287. The molecule has 2 rings (SSSR count). The van der Waals surface area contributed by atoms with Crippen molar-refractivity contribution in [2.24, 2.45) is 0 Å². The highest BCUT2D eigenvalue weighted by atomic mass is 16.2. The highest BCUT2D eigenvalue weighted by molar-refractivity contribution is 5.95. The Bertz CT molecular complexity index is 800. The topological polar surface area (TPSA) is 49.4 Å². The summed E-state index contributed by atoms with van der Waals surface area (Å²) >= 11 is 0. The van der Waals surface area contributed by atoms with Gasteiger partial charge in [-0.15, -0.1) is 0 Å². The standard InChI is InChI=1S/C23H30N2O2/c1-15(2)20-7-9-21(10-8-20)25(19(6)26)12-11-22(27)24-23-17(4)13-16(3)14-18(23)5/h7-10,13-15H,11-12H2,1-6H3,(H,24,27). The van der Waals surface area contributed by atoms with Gasteiger partial charge in [0.05, 0.1) is 0 Å². The minimum Gasteiger partial charge on any atom is -0.326 e. The maximum Gasteiger partial charge on any atom is 0.226 e. The van der Waals surface area contributed by atoms with Crippen molar-refractivity contribution in [2.45, 2.75) is 53.9 Å². The van der Waals surface area contributed by atoms with Gasteiger partial charge in [0.15, 0.2) is 0 Å². The van der Waals surface area contributed by atoms with Crippen molar-refractivity contribution in [3.63, 3.8) is 0 Å². The number of carbonyl (C=O) groups excluding carboxylic acids is 2. The van der Waals surface area contributed by atoms with Crippen LogP contribution in [0.1, 0.15) is 55.4 Å². The first-order valence-corrected chi connectivity index (χ1v) is 9.44. The molecule has 0 radical (unpaired) electrons. The van der Waals surface area contributed by atoms with E-state index in [4.69, 9.17) is 0 Å². The zero-order chi connectivity index (χ0) is 20.1. The van der Waals surface area contributed by atoms with Crippen LogP contribution in [0.3, 0.4) is 0 Å². The first-order chi connectivity index (χ1) is 12.7. The van der Waals surface area contributed by atoms with Gasteiger partial charge in [-0.25, -0.2) is 0 Å². The second-order valence-corrected chi connectivity index (χ2v) is 7.49. The molecule has 2 aromatic rings. The third-order valence-corrected chi connectivity index (χ3v) is 4.76. The molecule has 0 saturated carbocycles. The predicted molar refractivity (Wildman–Crippen MR) is 112 cm³/mol. The van der Waals surface area contributed by atoms with Crippen molar-refractivity contribution in [3.05, 3.63) is 58.7 Å². The maximum absolute atomic E-state index is 12.5. The number of hydrogen-bond acceptors (Lipinski definition) is 2. The van der Waals surface area contributed by atoms with Crippen molar-refractivity contribution >= 4 is 23.2 Å². The van der Waals surface area contributed by atoms with Crippen molar-refractivity contribution in [2.75, 3.05) is 16.8 Å². The third-order valence-electron chi connectivity index (χ3n) is 4.76. The molecule has 4 heteroatoms. The van der Waals surface area contributed by atoms with Gasteiger partial charge >= 0.3 is 0 Å². The van der Waals surface area contributed by atoms with Crippen molar-refractivity contribution in [3.8, 4) is 0 Å². The fraction of sp³-hybridized carbons (Fsp3) is 0.391. The smallest absolute Gasteiger partial charge is 0.226 e. The van der Waals surface area contributed by atoms with E-state index in [0.717, 1.165) is 22.5 Å². The van der Waals surface area contributed by atoms with Gasteiger partial charge in [-0.3, -0.25) is 9.59 Å². The molecule has 0 unspecified atom stereocenters. The van der Waals surface area contributed by atoms with E-state index < -0.39 is 0 Å². The number of rotatable bonds is 6. The van der Waals surface area contributed by atoms with E-state index in [1.54, 1.807) is 4.90 Å². The number of amides is 2. The summed E-state index contributed by atoms with van der Waals surface area (Å²) in [6.07, 6.45) is 0.248. The molecule has 0 spiro atoms. The van der Waals surface area contributed by atoms with Crippen LogP contribution in [0.5, 0.6) is 0 Å². The Morgan fingerprint density at radius 3 is 2.04 bits per heavy atom. The lowest BCUT2D eigenvalue weighted by molar-refractivity contribution is -0.117. The van der Waals surface area contributed by atoms with Crippen molar-refractivity contribution < 1.29 is 9.59 Å². The number of carbonyl (C=O) groups is 2. The molecule has 0 fully saturated rings. The van der Waals surface area contributed by atoms with Gasteiger partial charge in [0.25, 0.3) is 0 Å². The highest BCUT2D eigenvalue weighted by Gasteiger charge is 2.15. The van der Waals surface area contributed by atoms with Crippen LogP contribution in [0.25, 0.3) is 0 Å². The van der Waals surface area contributed by atoms with Crippen molar-refractivity contribution in [1.29, 1.82) is 0 Å². The summed E-state index contributed by atoms with van der Waals surface area (Å²) in [5, 5.41) is 3.00. The normalized spacial score (nSPS) is 10.8. The third kappa shape index (κ3) is 5.43. The molecule has 27 heavy (non-hydrogen) atoms. The zero-order valence-electron chi connectivity index (χ0n) is 17.2. The molecule has 0 bridgehead atoms. The van der Waals surface area contributed by atoms with E-state index in [1.165, 1.54) is 18.1 Å². The van der Waals surface area contributed by atoms with E-state index in [-0.39, 0.29) is 18.2 Å².